The van der Waals surface area contributed by atoms with Gasteiger partial charge in [0.05, 0.1) is 11.3 Å². The smallest absolute Gasteiger partial charge is 0.297 e. The second kappa shape index (κ2) is 10.4. The van der Waals surface area contributed by atoms with E-state index in [0.717, 1.165) is 16.9 Å². The Kier molecular flexibility index (Phi) is 6.52. The molecule has 1 aliphatic carbocycles. The minimum absolute atomic E-state index is 0.00911. The molecule has 0 radical (unpaired) electrons. The van der Waals surface area contributed by atoms with Crippen molar-refractivity contribution in [2.24, 2.45) is 0 Å². The fraction of sp³-hybridized carbons (Fsp3) is 0.304. The summed E-state index contributed by atoms with van der Waals surface area (Å²) >= 11 is 0. The first-order valence-electron chi connectivity index (χ1n) is 18.4. The van der Waals surface area contributed by atoms with Crippen molar-refractivity contribution in [2.75, 3.05) is 9.80 Å². The van der Waals surface area contributed by atoms with Crippen LogP contribution in [0.15, 0.2) is 101 Å². The Morgan fingerprint density at radius 3 is 1.98 bits per heavy atom. The van der Waals surface area contributed by atoms with Crippen molar-refractivity contribution in [1.29, 1.82) is 0 Å². The highest BCUT2D eigenvalue weighted by atomic mass is 16.3. The van der Waals surface area contributed by atoms with E-state index >= 15 is 0 Å². The van der Waals surface area contributed by atoms with Crippen LogP contribution >= 0.6 is 0 Å². The van der Waals surface area contributed by atoms with Crippen molar-refractivity contribution in [3.05, 3.63) is 125 Å². The molecule has 3 aliphatic rings. The van der Waals surface area contributed by atoms with Gasteiger partial charge in [-0.05, 0) is 130 Å². The van der Waals surface area contributed by atoms with Gasteiger partial charge >= 0.3 is 0 Å². The molecule has 6 aromatic rings. The van der Waals surface area contributed by atoms with E-state index in [1.54, 1.807) is 0 Å². The summed E-state index contributed by atoms with van der Waals surface area (Å²) in [6.45, 7) is 21.1. The monoisotopic (exact) mass is 654 g/mol. The molecule has 3 heterocycles. The lowest BCUT2D eigenvalue weighted by Gasteiger charge is -2.46. The van der Waals surface area contributed by atoms with Crippen molar-refractivity contribution in [1.82, 2.24) is 0 Å². The van der Waals surface area contributed by atoms with Gasteiger partial charge in [-0.1, -0.05) is 97.0 Å². The number of nitrogens with zero attached hydrogens (tertiary/aromatic N) is 2. The third-order valence-corrected chi connectivity index (χ3v) is 12.0. The molecule has 0 spiro atoms. The Morgan fingerprint density at radius 2 is 1.30 bits per heavy atom. The summed E-state index contributed by atoms with van der Waals surface area (Å²) in [5.41, 5.74) is 18.8. The van der Waals surface area contributed by atoms with Crippen molar-refractivity contribution in [3.63, 3.8) is 0 Å². The van der Waals surface area contributed by atoms with Crippen LogP contribution in [0.1, 0.15) is 89.1 Å². The molecule has 0 atom stereocenters. The number of fused-ring (bicyclic) bond motifs is 7. The molecular weight excluding hydrogens is 607 g/mol. The van der Waals surface area contributed by atoms with E-state index in [1.165, 1.54) is 85.4 Å². The number of anilines is 6. The Morgan fingerprint density at radius 1 is 0.660 bits per heavy atom. The van der Waals surface area contributed by atoms with Gasteiger partial charge in [0, 0.05) is 33.8 Å². The van der Waals surface area contributed by atoms with E-state index in [0.29, 0.717) is 0 Å². The molecule has 0 saturated carbocycles. The molecule has 0 fully saturated rings. The lowest BCUT2D eigenvalue weighted by molar-refractivity contribution is 0.332. The average Bonchev–Trinajstić information content (AvgIpc) is 3.45. The Labute approximate surface area is 298 Å². The van der Waals surface area contributed by atoms with Crippen molar-refractivity contribution >= 4 is 68.4 Å². The first-order valence-corrected chi connectivity index (χ1v) is 18.4. The van der Waals surface area contributed by atoms with Gasteiger partial charge in [0.1, 0.15) is 5.58 Å². The van der Waals surface area contributed by atoms with Crippen LogP contribution in [0, 0.1) is 13.8 Å². The largest absolute Gasteiger partial charge is 0.468 e. The van der Waals surface area contributed by atoms with Gasteiger partial charge in [-0.15, -0.1) is 0 Å². The SMILES string of the molecule is Cc1cc2c3c(c1)N(c1ccccc1)c1c(oc4ccc(C(C)(C)C)cc14)B3c1cc3c(cc1N2c1ccccc1C)C(C)(C)CCC3(C)C. The van der Waals surface area contributed by atoms with Crippen LogP contribution in [0.4, 0.5) is 34.1 Å². The summed E-state index contributed by atoms with van der Waals surface area (Å²) in [6.07, 6.45) is 2.35. The van der Waals surface area contributed by atoms with Gasteiger partial charge in [-0.2, -0.15) is 0 Å². The minimum atomic E-state index is -0.0533. The summed E-state index contributed by atoms with van der Waals surface area (Å²) in [6, 6.07) is 36.6. The van der Waals surface area contributed by atoms with E-state index in [2.05, 4.69) is 169 Å². The molecule has 4 heteroatoms. The van der Waals surface area contributed by atoms with E-state index in [9.17, 15) is 0 Å². The summed E-state index contributed by atoms with van der Waals surface area (Å²) in [5, 5.41) is 1.17. The highest BCUT2D eigenvalue weighted by Crippen LogP contribution is 2.51. The van der Waals surface area contributed by atoms with Gasteiger partial charge in [0.15, 0.2) is 0 Å². The Bertz CT molecular complexity index is 2360. The van der Waals surface area contributed by atoms with Gasteiger partial charge < -0.3 is 14.2 Å². The topological polar surface area (TPSA) is 19.6 Å². The highest BCUT2D eigenvalue weighted by Gasteiger charge is 2.49. The normalized spacial score (nSPS) is 16.9. The van der Waals surface area contributed by atoms with Crippen LogP contribution in [0.2, 0.25) is 0 Å². The first-order chi connectivity index (χ1) is 23.7. The van der Waals surface area contributed by atoms with Crippen LogP contribution in [0.25, 0.3) is 11.0 Å². The predicted octanol–water partition coefficient (Wildman–Crippen LogP) is 10.8. The number of furan rings is 1. The first kappa shape index (κ1) is 31.3. The number of hydrogen-bond acceptors (Lipinski definition) is 3. The van der Waals surface area contributed by atoms with Gasteiger partial charge in [0.2, 0.25) is 0 Å². The zero-order valence-electron chi connectivity index (χ0n) is 31.0. The molecule has 0 saturated heterocycles. The molecule has 0 amide bonds. The molecule has 0 unspecified atom stereocenters. The van der Waals surface area contributed by atoms with Gasteiger partial charge in [-0.25, -0.2) is 0 Å². The van der Waals surface area contributed by atoms with E-state index < -0.39 is 0 Å². The standard InChI is InChI=1S/C46H47BN2O/c1-28-23-38-41-39(24-28)49(36-18-14-13-15-29(36)2)37-27-34-33(45(6,7)21-22-46(34,8)9)26-35(37)47(41)43-42(48(38)31-16-11-10-12-17-31)32-25-30(44(3,4)5)19-20-40(32)50-43/h10-20,23-27H,21-22H2,1-9H3. The molecule has 250 valence electrons. The average molecular weight is 655 g/mol. The molecule has 0 bridgehead atoms. The molecule has 3 nitrogen and oxygen atoms in total. The molecule has 2 aliphatic heterocycles. The summed E-state index contributed by atoms with van der Waals surface area (Å²) in [7, 11) is 0. The maximum atomic E-state index is 7.19. The molecular formula is C46H47BN2O. The lowest BCUT2D eigenvalue weighted by Crippen LogP contribution is -2.61. The number of hydrogen-bond donors (Lipinski definition) is 0. The third-order valence-electron chi connectivity index (χ3n) is 12.0. The van der Waals surface area contributed by atoms with Crippen molar-refractivity contribution < 1.29 is 4.42 Å². The number of benzene rings is 5. The van der Waals surface area contributed by atoms with Crippen LogP contribution < -0.4 is 26.4 Å². The predicted molar refractivity (Wildman–Crippen MR) is 214 cm³/mol. The van der Waals surface area contributed by atoms with E-state index in [1.807, 2.05) is 0 Å². The molecule has 5 aromatic carbocycles. The van der Waals surface area contributed by atoms with Crippen LogP contribution in [-0.2, 0) is 16.2 Å². The third kappa shape index (κ3) is 4.43. The molecule has 0 N–H and O–H groups in total. The Hall–Kier alpha value is -4.70. The second-order valence-electron chi connectivity index (χ2n) is 17.4. The number of para-hydroxylation sites is 2. The van der Waals surface area contributed by atoms with E-state index in [-0.39, 0.29) is 23.0 Å². The van der Waals surface area contributed by atoms with E-state index in [4.69, 9.17) is 4.42 Å². The van der Waals surface area contributed by atoms with Crippen LogP contribution in [0.5, 0.6) is 0 Å². The highest BCUT2D eigenvalue weighted by molar-refractivity contribution is 7.00. The maximum absolute atomic E-state index is 7.19. The maximum Gasteiger partial charge on any atom is 0.297 e. The van der Waals surface area contributed by atoms with Crippen molar-refractivity contribution in [2.45, 2.75) is 91.4 Å². The summed E-state index contributed by atoms with van der Waals surface area (Å²) in [4.78, 5) is 5.06. The summed E-state index contributed by atoms with van der Waals surface area (Å²) in [5.74, 6) is 0. The van der Waals surface area contributed by atoms with Gasteiger partial charge in [0.25, 0.3) is 6.71 Å². The minimum Gasteiger partial charge on any atom is -0.468 e. The van der Waals surface area contributed by atoms with Crippen LogP contribution in [-0.4, -0.2) is 6.71 Å². The Balaban J connectivity index is 1.45. The van der Waals surface area contributed by atoms with Gasteiger partial charge in [-0.3, -0.25) is 0 Å². The van der Waals surface area contributed by atoms with Crippen LogP contribution in [0.3, 0.4) is 0 Å². The number of aryl methyl sites for hydroxylation is 2. The lowest BCUT2D eigenvalue weighted by atomic mass is 9.35. The summed E-state index contributed by atoms with van der Waals surface area (Å²) < 4.78 is 7.19. The fourth-order valence-corrected chi connectivity index (χ4v) is 9.06. The quantitative estimate of drug-likeness (QED) is 0.173. The molecule has 9 rings (SSSR count). The molecule has 50 heavy (non-hydrogen) atoms. The van der Waals surface area contributed by atoms with Crippen molar-refractivity contribution in [3.8, 4) is 0 Å². The fourth-order valence-electron chi connectivity index (χ4n) is 9.06. The molecule has 1 aromatic heterocycles. The second-order valence-corrected chi connectivity index (χ2v) is 17.4. The number of rotatable bonds is 2. The zero-order valence-corrected chi connectivity index (χ0v) is 31.0. The zero-order chi connectivity index (χ0) is 34.9.